The first-order chi connectivity index (χ1) is 12.7. The van der Waals surface area contributed by atoms with Crippen LogP contribution in [0, 0.1) is 12.8 Å². The fraction of sp³-hybridized carbons (Fsp3) is 0.409. The van der Waals surface area contributed by atoms with Gasteiger partial charge in [-0.15, -0.1) is 11.8 Å². The Kier molecular flexibility index (Phi) is 7.15. The zero-order valence-corrected chi connectivity index (χ0v) is 16.3. The Labute approximate surface area is 161 Å². The van der Waals surface area contributed by atoms with E-state index in [0.29, 0.717) is 11.7 Å². The topological polar surface area (TPSA) is 32.3 Å². The lowest BCUT2D eigenvalue weighted by atomic mass is 9.97. The Bertz CT molecular complexity index is 704. The third-order valence-electron chi connectivity index (χ3n) is 4.89. The van der Waals surface area contributed by atoms with E-state index in [1.165, 1.54) is 28.9 Å². The second-order valence-corrected chi connectivity index (χ2v) is 8.10. The van der Waals surface area contributed by atoms with E-state index in [2.05, 4.69) is 59.6 Å². The van der Waals surface area contributed by atoms with Crippen LogP contribution in [-0.2, 0) is 11.3 Å². The molecule has 1 heterocycles. The summed E-state index contributed by atoms with van der Waals surface area (Å²) in [6, 6.07) is 18.9. The van der Waals surface area contributed by atoms with Gasteiger partial charge in [-0.2, -0.15) is 0 Å². The summed E-state index contributed by atoms with van der Waals surface area (Å²) in [5.74, 6) is 1.18. The third kappa shape index (κ3) is 5.89. The Morgan fingerprint density at radius 1 is 1.15 bits per heavy atom. The summed E-state index contributed by atoms with van der Waals surface area (Å²) in [6.45, 7) is 6.11. The fourth-order valence-electron chi connectivity index (χ4n) is 3.47. The standard InChI is InChI=1S/C22H28N2OS/c1-18-8-5-6-12-21(18)26-17-22(25)23-14-20-11-7-13-24(16-20)15-19-9-3-2-4-10-19/h2-6,8-10,12,20H,7,11,13-17H2,1H3,(H,23,25). The van der Waals surface area contributed by atoms with Crippen LogP contribution in [0.25, 0.3) is 0 Å². The molecule has 2 aromatic rings. The van der Waals surface area contributed by atoms with E-state index in [1.54, 1.807) is 11.8 Å². The van der Waals surface area contributed by atoms with E-state index in [-0.39, 0.29) is 5.91 Å². The molecule has 1 amide bonds. The number of benzene rings is 2. The van der Waals surface area contributed by atoms with Gasteiger partial charge in [0.2, 0.25) is 5.91 Å². The number of hydrogen-bond acceptors (Lipinski definition) is 3. The highest BCUT2D eigenvalue weighted by molar-refractivity contribution is 8.00. The van der Waals surface area contributed by atoms with Gasteiger partial charge in [0.05, 0.1) is 5.75 Å². The molecule has 1 N–H and O–H groups in total. The van der Waals surface area contributed by atoms with Crippen molar-refractivity contribution < 1.29 is 4.79 Å². The number of thioether (sulfide) groups is 1. The smallest absolute Gasteiger partial charge is 0.230 e. The van der Waals surface area contributed by atoms with Crippen LogP contribution in [0.2, 0.25) is 0 Å². The van der Waals surface area contributed by atoms with Gasteiger partial charge in [-0.25, -0.2) is 0 Å². The maximum Gasteiger partial charge on any atom is 0.230 e. The summed E-state index contributed by atoms with van der Waals surface area (Å²) in [4.78, 5) is 15.9. The van der Waals surface area contributed by atoms with Gasteiger partial charge in [0.15, 0.2) is 0 Å². The minimum atomic E-state index is 0.137. The van der Waals surface area contributed by atoms with E-state index in [1.807, 2.05) is 12.1 Å². The summed E-state index contributed by atoms with van der Waals surface area (Å²) >= 11 is 1.62. The highest BCUT2D eigenvalue weighted by Crippen LogP contribution is 2.22. The van der Waals surface area contributed by atoms with Crippen LogP contribution in [0.1, 0.15) is 24.0 Å². The number of hydrogen-bond donors (Lipinski definition) is 1. The van der Waals surface area contributed by atoms with Crippen molar-refractivity contribution >= 4 is 17.7 Å². The predicted octanol–water partition coefficient (Wildman–Crippen LogP) is 4.12. The number of piperidine rings is 1. The first-order valence-electron chi connectivity index (χ1n) is 9.42. The number of aryl methyl sites for hydroxylation is 1. The van der Waals surface area contributed by atoms with Crippen molar-refractivity contribution in [2.24, 2.45) is 5.92 Å². The zero-order valence-electron chi connectivity index (χ0n) is 15.5. The van der Waals surface area contributed by atoms with Crippen molar-refractivity contribution in [3.8, 4) is 0 Å². The lowest BCUT2D eigenvalue weighted by Gasteiger charge is -2.32. The summed E-state index contributed by atoms with van der Waals surface area (Å²) in [5, 5.41) is 3.14. The number of rotatable bonds is 7. The zero-order chi connectivity index (χ0) is 18.2. The molecule has 3 nitrogen and oxygen atoms in total. The molecule has 0 saturated carbocycles. The van der Waals surface area contributed by atoms with Crippen molar-refractivity contribution in [3.63, 3.8) is 0 Å². The molecule has 138 valence electrons. The van der Waals surface area contributed by atoms with Crippen LogP contribution in [0.4, 0.5) is 0 Å². The van der Waals surface area contributed by atoms with Crippen LogP contribution in [0.5, 0.6) is 0 Å². The summed E-state index contributed by atoms with van der Waals surface area (Å²) in [5.41, 5.74) is 2.60. The minimum Gasteiger partial charge on any atom is -0.355 e. The Morgan fingerprint density at radius 3 is 2.73 bits per heavy atom. The maximum atomic E-state index is 12.2. The molecule has 0 aromatic heterocycles. The fourth-order valence-corrected chi connectivity index (χ4v) is 4.33. The van der Waals surface area contributed by atoms with Crippen molar-refractivity contribution in [2.75, 3.05) is 25.4 Å². The molecule has 1 fully saturated rings. The van der Waals surface area contributed by atoms with Gasteiger partial charge >= 0.3 is 0 Å². The molecule has 3 rings (SSSR count). The molecule has 1 unspecified atom stereocenters. The number of carbonyl (C=O) groups excluding carboxylic acids is 1. The molecule has 2 aromatic carbocycles. The third-order valence-corrected chi connectivity index (χ3v) is 6.07. The predicted molar refractivity (Wildman–Crippen MR) is 109 cm³/mol. The van der Waals surface area contributed by atoms with E-state index < -0.39 is 0 Å². The minimum absolute atomic E-state index is 0.137. The van der Waals surface area contributed by atoms with Gasteiger partial charge in [0.25, 0.3) is 0 Å². The van der Waals surface area contributed by atoms with Crippen LogP contribution in [0.15, 0.2) is 59.5 Å². The maximum absolute atomic E-state index is 12.2. The quantitative estimate of drug-likeness (QED) is 0.746. The highest BCUT2D eigenvalue weighted by atomic mass is 32.2. The summed E-state index contributed by atoms with van der Waals surface area (Å²) < 4.78 is 0. The second kappa shape index (κ2) is 9.79. The van der Waals surface area contributed by atoms with Gasteiger partial charge < -0.3 is 5.32 Å². The molecular formula is C22H28N2OS. The van der Waals surface area contributed by atoms with Crippen molar-refractivity contribution in [1.29, 1.82) is 0 Å². The average Bonchev–Trinajstić information content (AvgIpc) is 2.67. The normalized spacial score (nSPS) is 17.8. The number of nitrogens with one attached hydrogen (secondary N) is 1. The van der Waals surface area contributed by atoms with Crippen LogP contribution >= 0.6 is 11.8 Å². The molecule has 0 radical (unpaired) electrons. The molecule has 0 aliphatic carbocycles. The number of nitrogens with zero attached hydrogens (tertiary/aromatic N) is 1. The molecule has 1 aliphatic rings. The summed E-state index contributed by atoms with van der Waals surface area (Å²) in [6.07, 6.45) is 2.42. The molecular weight excluding hydrogens is 340 g/mol. The van der Waals surface area contributed by atoms with E-state index in [9.17, 15) is 4.79 Å². The Morgan fingerprint density at radius 2 is 1.92 bits per heavy atom. The molecule has 26 heavy (non-hydrogen) atoms. The number of carbonyl (C=O) groups is 1. The molecule has 4 heteroatoms. The van der Waals surface area contributed by atoms with E-state index in [4.69, 9.17) is 0 Å². The SMILES string of the molecule is Cc1ccccc1SCC(=O)NCC1CCCN(Cc2ccccc2)C1. The molecule has 1 aliphatic heterocycles. The van der Waals surface area contributed by atoms with Gasteiger partial charge in [0, 0.05) is 24.5 Å². The number of likely N-dealkylation sites (tertiary alicyclic amines) is 1. The first-order valence-corrected chi connectivity index (χ1v) is 10.4. The average molecular weight is 369 g/mol. The van der Waals surface area contributed by atoms with Crippen molar-refractivity contribution in [1.82, 2.24) is 10.2 Å². The molecule has 1 atom stereocenters. The van der Waals surface area contributed by atoms with Gasteiger partial charge in [0.1, 0.15) is 0 Å². The lowest BCUT2D eigenvalue weighted by molar-refractivity contribution is -0.118. The van der Waals surface area contributed by atoms with Crippen LogP contribution in [0.3, 0.4) is 0 Å². The monoisotopic (exact) mass is 368 g/mol. The van der Waals surface area contributed by atoms with Crippen molar-refractivity contribution in [2.45, 2.75) is 31.2 Å². The first kappa shape index (κ1) is 19.0. The number of amides is 1. The van der Waals surface area contributed by atoms with Crippen LogP contribution in [-0.4, -0.2) is 36.2 Å². The molecule has 1 saturated heterocycles. The lowest BCUT2D eigenvalue weighted by Crippen LogP contribution is -2.40. The van der Waals surface area contributed by atoms with Gasteiger partial charge in [-0.05, 0) is 49.4 Å². The second-order valence-electron chi connectivity index (χ2n) is 7.09. The Hall–Kier alpha value is -1.78. The van der Waals surface area contributed by atoms with E-state index in [0.717, 1.165) is 26.2 Å². The van der Waals surface area contributed by atoms with Crippen LogP contribution < -0.4 is 5.32 Å². The van der Waals surface area contributed by atoms with Gasteiger partial charge in [-0.3, -0.25) is 9.69 Å². The molecule has 0 spiro atoms. The highest BCUT2D eigenvalue weighted by Gasteiger charge is 2.20. The van der Waals surface area contributed by atoms with E-state index >= 15 is 0 Å². The van der Waals surface area contributed by atoms with Crippen molar-refractivity contribution in [3.05, 3.63) is 65.7 Å². The van der Waals surface area contributed by atoms with Gasteiger partial charge in [-0.1, -0.05) is 48.5 Å². The molecule has 0 bridgehead atoms. The largest absolute Gasteiger partial charge is 0.355 e. The summed E-state index contributed by atoms with van der Waals surface area (Å²) in [7, 11) is 0. The Balaban J connectivity index is 1.39.